The summed E-state index contributed by atoms with van der Waals surface area (Å²) in [6.07, 6.45) is 2.25. The molecule has 4 aliphatic rings. The van der Waals surface area contributed by atoms with Gasteiger partial charge in [0.2, 0.25) is 0 Å². The molecule has 0 aromatic heterocycles. The second kappa shape index (κ2) is 8.16. The van der Waals surface area contributed by atoms with Crippen molar-refractivity contribution in [2.24, 2.45) is 5.92 Å². The zero-order chi connectivity index (χ0) is 26.3. The topological polar surface area (TPSA) is 102 Å². The quantitative estimate of drug-likeness (QED) is 0.358. The molecule has 7 nitrogen and oxygen atoms in total. The van der Waals surface area contributed by atoms with E-state index in [1.165, 1.54) is 19.8 Å². The lowest BCUT2D eigenvalue weighted by Gasteiger charge is -2.59. The minimum absolute atomic E-state index is 0.0985. The number of phenolic OH excluding ortho intramolecular Hbond substituents is 1. The number of nitrogens with one attached hydrogen (secondary N) is 1. The zero-order valence-electron chi connectivity index (χ0n) is 20.7. The number of carbonyl (C=O) groups excluding carboxylic acids is 1. The van der Waals surface area contributed by atoms with Crippen LogP contribution < -0.4 is 10.1 Å². The summed E-state index contributed by atoms with van der Waals surface area (Å²) in [6.45, 7) is 4.71. The van der Waals surface area contributed by atoms with Crippen molar-refractivity contribution in [1.29, 1.82) is 0 Å². The van der Waals surface area contributed by atoms with Crippen molar-refractivity contribution < 1.29 is 33.6 Å². The fourth-order valence-corrected chi connectivity index (χ4v) is 6.69. The van der Waals surface area contributed by atoms with E-state index >= 15 is 0 Å². The summed E-state index contributed by atoms with van der Waals surface area (Å²) in [6, 6.07) is 5.95. The highest BCUT2D eigenvalue weighted by Crippen LogP contribution is 2.63. The predicted molar refractivity (Wildman–Crippen MR) is 132 cm³/mol. The largest absolute Gasteiger partial charge is 0.508 e. The van der Waals surface area contributed by atoms with Crippen molar-refractivity contribution in [3.63, 3.8) is 0 Å². The molecule has 0 unspecified atom stereocenters. The number of piperidine rings is 1. The number of likely N-dealkylation sites (tertiary alicyclic amines) is 1. The van der Waals surface area contributed by atoms with Gasteiger partial charge in [0, 0.05) is 24.2 Å². The molecule has 2 aliphatic heterocycles. The van der Waals surface area contributed by atoms with Gasteiger partial charge in [0.05, 0.1) is 22.3 Å². The Hall–Kier alpha value is -3.17. The van der Waals surface area contributed by atoms with Gasteiger partial charge in [0.15, 0.2) is 17.6 Å². The van der Waals surface area contributed by atoms with Gasteiger partial charge in [-0.15, -0.1) is 0 Å². The van der Waals surface area contributed by atoms with E-state index in [-0.39, 0.29) is 28.8 Å². The molecule has 1 spiro atoms. The summed E-state index contributed by atoms with van der Waals surface area (Å²) >= 11 is 0. The Balaban J connectivity index is 1.41. The number of aliphatic hydroxyl groups excluding tert-OH is 1. The standard InChI is InChI=1S/C28H30F2N2O5/c1-14(26(35)31-19-7-6-17(29)12-18(19)30)23(34)25-28-9-10-32(13-15-3-4-15)21(27(28,2)36)11-16-5-8-20(33)24(37-25)22(16)28/h5-8,12,15,21,25,33-34,36H,3-4,9-11,13H2,1-2H3,(H,31,35)/b23-14-/t21-,25+,27-,28+/m1/s1. The van der Waals surface area contributed by atoms with Crippen LogP contribution in [-0.2, 0) is 16.6 Å². The molecular weight excluding hydrogens is 482 g/mol. The van der Waals surface area contributed by atoms with Crippen LogP contribution in [0.25, 0.3) is 0 Å². The Morgan fingerprint density at radius 2 is 2.00 bits per heavy atom. The van der Waals surface area contributed by atoms with E-state index in [1.54, 1.807) is 13.0 Å². The van der Waals surface area contributed by atoms with Gasteiger partial charge in [-0.05, 0) is 75.8 Å². The average Bonchev–Trinajstić information content (AvgIpc) is 3.59. The van der Waals surface area contributed by atoms with Crippen molar-refractivity contribution in [2.75, 3.05) is 18.4 Å². The third kappa shape index (κ3) is 3.47. The van der Waals surface area contributed by atoms with Crippen molar-refractivity contribution in [3.05, 3.63) is 64.4 Å². The first-order valence-corrected chi connectivity index (χ1v) is 12.7. The number of aliphatic hydroxyl groups is 2. The number of fused-ring (bicyclic) bond motifs is 1. The highest BCUT2D eigenvalue weighted by Gasteiger charge is 2.69. The Morgan fingerprint density at radius 1 is 1.24 bits per heavy atom. The lowest BCUT2D eigenvalue weighted by atomic mass is 9.53. The lowest BCUT2D eigenvalue weighted by molar-refractivity contribution is -0.153. The summed E-state index contributed by atoms with van der Waals surface area (Å²) in [5.41, 5.74) is -1.19. The minimum Gasteiger partial charge on any atom is -0.508 e. The number of aromatic hydroxyl groups is 1. The number of anilines is 1. The highest BCUT2D eigenvalue weighted by atomic mass is 19.1. The third-order valence-electron chi connectivity index (χ3n) is 8.89. The highest BCUT2D eigenvalue weighted by molar-refractivity contribution is 6.03. The number of phenols is 1. The second-order valence-electron chi connectivity index (χ2n) is 11.1. The molecular formula is C28H30F2N2O5. The molecule has 37 heavy (non-hydrogen) atoms. The SMILES string of the molecule is C/C(C(=O)Nc1ccc(F)cc1F)=C(/O)[C@@H]1Oc2c(O)ccc3c2[C@@]12CCN(CC1CC1)[C@H](C3)[C@@]2(C)O. The maximum Gasteiger partial charge on any atom is 0.254 e. The molecule has 2 aliphatic carbocycles. The first kappa shape index (κ1) is 24.2. The molecule has 6 rings (SSSR count). The second-order valence-corrected chi connectivity index (χ2v) is 11.1. The molecule has 2 heterocycles. The Morgan fingerprint density at radius 3 is 2.70 bits per heavy atom. The molecule has 2 aromatic carbocycles. The van der Waals surface area contributed by atoms with Crippen LogP contribution in [0.1, 0.15) is 44.2 Å². The first-order valence-electron chi connectivity index (χ1n) is 12.7. The number of carbonyl (C=O) groups is 1. The Bertz CT molecular complexity index is 1340. The summed E-state index contributed by atoms with van der Waals surface area (Å²) in [4.78, 5) is 15.3. The molecule has 9 heteroatoms. The normalized spacial score (nSPS) is 30.8. The monoisotopic (exact) mass is 512 g/mol. The average molecular weight is 513 g/mol. The number of benzene rings is 2. The van der Waals surface area contributed by atoms with E-state index in [1.807, 2.05) is 6.07 Å². The van der Waals surface area contributed by atoms with Crippen molar-refractivity contribution in [3.8, 4) is 11.5 Å². The molecule has 2 bridgehead atoms. The number of hydrogen-bond donors (Lipinski definition) is 4. The molecule has 2 aromatic rings. The lowest BCUT2D eigenvalue weighted by Crippen LogP contribution is -2.73. The molecule has 1 saturated heterocycles. The van der Waals surface area contributed by atoms with Crippen LogP contribution in [-0.4, -0.2) is 57.0 Å². The molecule has 196 valence electrons. The molecule has 4 N–H and O–H groups in total. The van der Waals surface area contributed by atoms with Gasteiger partial charge in [-0.25, -0.2) is 8.78 Å². The first-order chi connectivity index (χ1) is 17.5. The van der Waals surface area contributed by atoms with Crippen LogP contribution >= 0.6 is 0 Å². The predicted octanol–water partition coefficient (Wildman–Crippen LogP) is 3.93. The smallest absolute Gasteiger partial charge is 0.254 e. The van der Waals surface area contributed by atoms with E-state index < -0.39 is 40.4 Å². The van der Waals surface area contributed by atoms with Gasteiger partial charge in [-0.2, -0.15) is 0 Å². The molecule has 4 atom stereocenters. The number of amides is 1. The number of rotatable bonds is 5. The van der Waals surface area contributed by atoms with Crippen LogP contribution in [0.2, 0.25) is 0 Å². The van der Waals surface area contributed by atoms with E-state index in [0.717, 1.165) is 24.2 Å². The zero-order valence-corrected chi connectivity index (χ0v) is 20.7. The van der Waals surface area contributed by atoms with Crippen LogP contribution in [0.3, 0.4) is 0 Å². The van der Waals surface area contributed by atoms with Crippen LogP contribution in [0.5, 0.6) is 11.5 Å². The minimum atomic E-state index is -1.34. The molecule has 0 radical (unpaired) electrons. The fourth-order valence-electron chi connectivity index (χ4n) is 6.69. The molecule has 1 amide bonds. The Kier molecular flexibility index (Phi) is 5.34. The maximum atomic E-state index is 14.1. The van der Waals surface area contributed by atoms with Crippen LogP contribution in [0.4, 0.5) is 14.5 Å². The van der Waals surface area contributed by atoms with Crippen LogP contribution in [0, 0.1) is 17.6 Å². The van der Waals surface area contributed by atoms with Crippen molar-refractivity contribution in [1.82, 2.24) is 4.90 Å². The Labute approximate surface area is 213 Å². The third-order valence-corrected chi connectivity index (χ3v) is 8.89. The van der Waals surface area contributed by atoms with Gasteiger partial charge < -0.3 is 25.4 Å². The van der Waals surface area contributed by atoms with Gasteiger partial charge in [0.1, 0.15) is 17.4 Å². The van der Waals surface area contributed by atoms with Gasteiger partial charge >= 0.3 is 0 Å². The van der Waals surface area contributed by atoms with Gasteiger partial charge in [0.25, 0.3) is 5.91 Å². The van der Waals surface area contributed by atoms with E-state index in [0.29, 0.717) is 36.9 Å². The number of nitrogens with zero attached hydrogens (tertiary/aromatic N) is 1. The van der Waals surface area contributed by atoms with E-state index in [2.05, 4.69) is 10.2 Å². The summed E-state index contributed by atoms with van der Waals surface area (Å²) in [5, 5.41) is 36.7. The molecule has 1 saturated carbocycles. The van der Waals surface area contributed by atoms with Crippen molar-refractivity contribution >= 4 is 11.6 Å². The van der Waals surface area contributed by atoms with E-state index in [4.69, 9.17) is 4.74 Å². The van der Waals surface area contributed by atoms with Crippen LogP contribution in [0.15, 0.2) is 41.7 Å². The number of halogens is 2. The summed E-state index contributed by atoms with van der Waals surface area (Å²) in [7, 11) is 0. The maximum absolute atomic E-state index is 14.1. The van der Waals surface area contributed by atoms with Gasteiger partial charge in [-0.1, -0.05) is 6.07 Å². The van der Waals surface area contributed by atoms with E-state index in [9.17, 15) is 28.9 Å². The van der Waals surface area contributed by atoms with Crippen molar-refractivity contribution in [2.45, 2.75) is 62.7 Å². The fraction of sp³-hybridized carbons (Fsp3) is 0.464. The van der Waals surface area contributed by atoms with Gasteiger partial charge in [-0.3, -0.25) is 9.69 Å². The summed E-state index contributed by atoms with van der Waals surface area (Å²) in [5.74, 6) is -2.18. The number of hydrogen-bond acceptors (Lipinski definition) is 6. The molecule has 2 fully saturated rings. The number of ether oxygens (including phenoxy) is 1. The summed E-state index contributed by atoms with van der Waals surface area (Å²) < 4.78 is 33.6.